The second kappa shape index (κ2) is 9.75. The summed E-state index contributed by atoms with van der Waals surface area (Å²) < 4.78 is 50.9. The number of nitrogens with zero attached hydrogens (tertiary/aromatic N) is 1. The highest BCUT2D eigenvalue weighted by molar-refractivity contribution is 6.08. The molecule has 44 heavy (non-hydrogen) atoms. The van der Waals surface area contributed by atoms with Crippen LogP contribution in [0.15, 0.2) is 91.0 Å². The van der Waals surface area contributed by atoms with Crippen LogP contribution in [-0.2, 0) is 11.0 Å². The quantitative estimate of drug-likeness (QED) is 0.208. The second-order valence-corrected chi connectivity index (χ2v) is 12.8. The predicted octanol–water partition coefficient (Wildman–Crippen LogP) is 9.90. The number of rotatable bonds is 3. The van der Waals surface area contributed by atoms with Crippen molar-refractivity contribution in [2.75, 3.05) is 18.0 Å². The van der Waals surface area contributed by atoms with Crippen LogP contribution in [0.3, 0.4) is 0 Å². The molecule has 1 unspecified atom stereocenters. The van der Waals surface area contributed by atoms with Crippen LogP contribution in [0.2, 0.25) is 0 Å². The number of piperidine rings is 1. The average molecular weight is 588 g/mol. The molecule has 0 radical (unpaired) electrons. The van der Waals surface area contributed by atoms with Gasteiger partial charge in [-0.2, -0.15) is 0 Å². The summed E-state index contributed by atoms with van der Waals surface area (Å²) >= 11 is 0. The van der Waals surface area contributed by atoms with Gasteiger partial charge in [0, 0.05) is 46.3 Å². The Hall–Kier alpha value is -4.51. The Morgan fingerprint density at radius 1 is 0.682 bits per heavy atom. The van der Waals surface area contributed by atoms with Crippen LogP contribution in [0.1, 0.15) is 60.9 Å². The SMILES string of the molecule is CC1(C)c2cc(F)ccc2-c2c1c1c(c3cc(F)ccc23)OC(c2ccc(F)cc2)(c2ccc(N3CCCCC3)cc2)C=C1. The molecule has 5 aromatic carbocycles. The van der Waals surface area contributed by atoms with Gasteiger partial charge in [0.25, 0.3) is 0 Å². The van der Waals surface area contributed by atoms with Crippen LogP contribution in [0.25, 0.3) is 28.0 Å². The monoisotopic (exact) mass is 587 g/mol. The summed E-state index contributed by atoms with van der Waals surface area (Å²) in [6.07, 6.45) is 7.72. The third-order valence-corrected chi connectivity index (χ3v) is 9.85. The zero-order valence-corrected chi connectivity index (χ0v) is 24.8. The molecule has 5 aromatic rings. The highest BCUT2D eigenvalue weighted by Crippen LogP contribution is 2.58. The number of halogens is 3. The average Bonchev–Trinajstić information content (AvgIpc) is 3.27. The van der Waals surface area contributed by atoms with Crippen molar-refractivity contribution in [3.05, 3.63) is 136 Å². The molecular formula is C39H32F3NO. The number of fused-ring (bicyclic) bond motifs is 8. The standard InChI is InChI=1S/C39H32F3NO/c1-38(2)34-23-28(42)13-17-31(34)35-30-16-12-27(41)22-33(30)37-32(36(35)38)18-19-39(44-37,24-6-10-26(40)11-7-24)25-8-14-29(15-9-25)43-20-4-3-5-21-43/h6-19,22-23H,3-5,20-21H2,1-2H3. The van der Waals surface area contributed by atoms with E-state index in [1.165, 1.54) is 55.3 Å². The molecule has 0 saturated carbocycles. The number of benzene rings is 5. The molecular weight excluding hydrogens is 555 g/mol. The molecule has 1 atom stereocenters. The van der Waals surface area contributed by atoms with Gasteiger partial charge in [-0.05, 0) is 102 Å². The molecule has 2 aliphatic heterocycles. The van der Waals surface area contributed by atoms with Gasteiger partial charge in [0.1, 0.15) is 23.2 Å². The first-order valence-corrected chi connectivity index (χ1v) is 15.4. The van der Waals surface area contributed by atoms with Gasteiger partial charge in [-0.3, -0.25) is 0 Å². The minimum atomic E-state index is -1.09. The molecule has 0 aromatic heterocycles. The van der Waals surface area contributed by atoms with E-state index in [1.54, 1.807) is 24.3 Å². The van der Waals surface area contributed by atoms with E-state index >= 15 is 0 Å². The number of hydrogen-bond acceptors (Lipinski definition) is 2. The maximum Gasteiger partial charge on any atom is 0.178 e. The van der Waals surface area contributed by atoms with Crippen LogP contribution >= 0.6 is 0 Å². The molecule has 2 nitrogen and oxygen atoms in total. The van der Waals surface area contributed by atoms with Crippen molar-refractivity contribution in [3.63, 3.8) is 0 Å². The van der Waals surface area contributed by atoms with E-state index in [4.69, 9.17) is 4.74 Å². The van der Waals surface area contributed by atoms with Gasteiger partial charge in [0.15, 0.2) is 5.60 Å². The Labute approximate surface area is 255 Å². The lowest BCUT2D eigenvalue weighted by atomic mass is 9.76. The van der Waals surface area contributed by atoms with Crippen molar-refractivity contribution in [1.82, 2.24) is 0 Å². The summed E-state index contributed by atoms with van der Waals surface area (Å²) in [5, 5.41) is 1.50. The van der Waals surface area contributed by atoms with Crippen LogP contribution in [0, 0.1) is 17.5 Å². The summed E-state index contributed by atoms with van der Waals surface area (Å²) in [7, 11) is 0. The maximum atomic E-state index is 15.0. The van der Waals surface area contributed by atoms with Crippen molar-refractivity contribution in [1.29, 1.82) is 0 Å². The van der Waals surface area contributed by atoms with Crippen molar-refractivity contribution >= 4 is 22.5 Å². The minimum absolute atomic E-state index is 0.288. The number of hydrogen-bond donors (Lipinski definition) is 0. The molecule has 2 heterocycles. The highest BCUT2D eigenvalue weighted by Gasteiger charge is 2.44. The van der Waals surface area contributed by atoms with Gasteiger partial charge in [-0.25, -0.2) is 13.2 Å². The Bertz CT molecular complexity index is 1970. The fourth-order valence-corrected chi connectivity index (χ4v) is 7.68. The Morgan fingerprint density at radius 3 is 2.05 bits per heavy atom. The smallest absolute Gasteiger partial charge is 0.178 e. The Morgan fingerprint density at radius 2 is 1.32 bits per heavy atom. The number of ether oxygens (including phenoxy) is 1. The zero-order chi connectivity index (χ0) is 30.2. The molecule has 1 aliphatic carbocycles. The summed E-state index contributed by atoms with van der Waals surface area (Å²) in [4.78, 5) is 2.41. The van der Waals surface area contributed by atoms with Crippen LogP contribution < -0.4 is 9.64 Å². The van der Waals surface area contributed by atoms with E-state index in [9.17, 15) is 13.2 Å². The van der Waals surface area contributed by atoms with Crippen LogP contribution in [0.4, 0.5) is 18.9 Å². The maximum absolute atomic E-state index is 15.0. The Balaban J connectivity index is 1.37. The normalized spacial score (nSPS) is 19.8. The van der Waals surface area contributed by atoms with Gasteiger partial charge < -0.3 is 9.64 Å². The second-order valence-electron chi connectivity index (χ2n) is 12.8. The molecule has 0 bridgehead atoms. The zero-order valence-electron chi connectivity index (χ0n) is 24.8. The molecule has 0 N–H and O–H groups in total. The lowest BCUT2D eigenvalue weighted by molar-refractivity contribution is 0.163. The molecule has 220 valence electrons. The lowest BCUT2D eigenvalue weighted by Gasteiger charge is -2.38. The van der Waals surface area contributed by atoms with E-state index in [1.807, 2.05) is 12.1 Å². The van der Waals surface area contributed by atoms with Gasteiger partial charge >= 0.3 is 0 Å². The molecule has 1 saturated heterocycles. The van der Waals surface area contributed by atoms with Gasteiger partial charge in [0.2, 0.25) is 0 Å². The first-order valence-electron chi connectivity index (χ1n) is 15.4. The highest BCUT2D eigenvalue weighted by atomic mass is 19.1. The van der Waals surface area contributed by atoms with Crippen molar-refractivity contribution in [2.45, 2.75) is 44.1 Å². The van der Waals surface area contributed by atoms with Gasteiger partial charge in [-0.15, -0.1) is 0 Å². The van der Waals surface area contributed by atoms with Gasteiger partial charge in [-0.1, -0.05) is 56.3 Å². The van der Waals surface area contributed by atoms with E-state index in [0.717, 1.165) is 57.4 Å². The Kier molecular flexibility index (Phi) is 6.00. The summed E-state index contributed by atoms with van der Waals surface area (Å²) in [6, 6.07) is 24.5. The molecule has 0 amide bonds. The number of anilines is 1. The summed E-state index contributed by atoms with van der Waals surface area (Å²) in [5.41, 5.74) is 5.90. The molecule has 8 rings (SSSR count). The first kappa shape index (κ1) is 27.1. The topological polar surface area (TPSA) is 12.5 Å². The van der Waals surface area contributed by atoms with Crippen molar-refractivity contribution in [3.8, 4) is 16.9 Å². The molecule has 3 aliphatic rings. The molecule has 5 heteroatoms. The molecule has 1 fully saturated rings. The predicted molar refractivity (Wildman–Crippen MR) is 171 cm³/mol. The van der Waals surface area contributed by atoms with E-state index in [-0.39, 0.29) is 17.5 Å². The summed E-state index contributed by atoms with van der Waals surface area (Å²) in [6.45, 7) is 6.28. The van der Waals surface area contributed by atoms with Crippen molar-refractivity contribution in [2.24, 2.45) is 0 Å². The van der Waals surface area contributed by atoms with E-state index in [2.05, 4.69) is 49.1 Å². The largest absolute Gasteiger partial charge is 0.472 e. The van der Waals surface area contributed by atoms with Crippen LogP contribution in [0.5, 0.6) is 5.75 Å². The van der Waals surface area contributed by atoms with E-state index < -0.39 is 11.0 Å². The first-order chi connectivity index (χ1) is 21.3. The third kappa shape index (κ3) is 3.94. The van der Waals surface area contributed by atoms with E-state index in [0.29, 0.717) is 11.1 Å². The summed E-state index contributed by atoms with van der Waals surface area (Å²) in [5.74, 6) is -0.426. The fourth-order valence-electron chi connectivity index (χ4n) is 7.68. The minimum Gasteiger partial charge on any atom is -0.472 e. The third-order valence-electron chi connectivity index (χ3n) is 9.85. The molecule has 0 spiro atoms. The lowest BCUT2D eigenvalue weighted by Crippen LogP contribution is -2.35. The van der Waals surface area contributed by atoms with Crippen molar-refractivity contribution < 1.29 is 17.9 Å². The van der Waals surface area contributed by atoms with Gasteiger partial charge in [0.05, 0.1) is 0 Å². The van der Waals surface area contributed by atoms with Crippen LogP contribution in [-0.4, -0.2) is 13.1 Å². The fraction of sp³-hybridized carbons (Fsp3) is 0.231.